The molecular formula is C23H21F3N2O5. The lowest BCUT2D eigenvalue weighted by Crippen LogP contribution is -2.21. The maximum absolute atomic E-state index is 13.3. The number of alkyl halides is 3. The van der Waals surface area contributed by atoms with Crippen molar-refractivity contribution in [3.63, 3.8) is 0 Å². The summed E-state index contributed by atoms with van der Waals surface area (Å²) in [5, 5.41) is 4.52. The van der Waals surface area contributed by atoms with Crippen LogP contribution in [-0.4, -0.2) is 36.1 Å². The molecular weight excluding hydrogens is 441 g/mol. The third-order valence-electron chi connectivity index (χ3n) is 5.25. The van der Waals surface area contributed by atoms with E-state index in [9.17, 15) is 18.0 Å². The number of carbonyl (C=O) groups excluding carboxylic acids is 1. The van der Waals surface area contributed by atoms with Crippen molar-refractivity contribution in [2.75, 3.05) is 14.2 Å². The van der Waals surface area contributed by atoms with Crippen molar-refractivity contribution in [3.8, 4) is 23.1 Å². The number of ether oxygens (including phenoxy) is 4. The van der Waals surface area contributed by atoms with Gasteiger partial charge in [-0.15, -0.1) is 5.10 Å². The highest BCUT2D eigenvalue weighted by molar-refractivity contribution is 5.89. The second-order valence-corrected chi connectivity index (χ2v) is 7.47. The fraction of sp³-hybridized carbons (Fsp3) is 0.304. The Hall–Kier alpha value is -3.53. The summed E-state index contributed by atoms with van der Waals surface area (Å²) in [6, 6.07) is 10.00. The van der Waals surface area contributed by atoms with Gasteiger partial charge in [0.2, 0.25) is 5.88 Å². The molecule has 3 aromatic rings. The minimum atomic E-state index is -4.55. The summed E-state index contributed by atoms with van der Waals surface area (Å²) in [7, 11) is 2.47. The van der Waals surface area contributed by atoms with Crippen molar-refractivity contribution in [2.45, 2.75) is 32.2 Å². The lowest BCUT2D eigenvalue weighted by atomic mass is 10.1. The molecule has 0 bridgehead atoms. The zero-order valence-electron chi connectivity index (χ0n) is 18.1. The molecule has 0 radical (unpaired) electrons. The normalized spacial score (nSPS) is 15.6. The van der Waals surface area contributed by atoms with E-state index < -0.39 is 17.7 Å². The van der Waals surface area contributed by atoms with Gasteiger partial charge < -0.3 is 18.9 Å². The predicted octanol–water partition coefficient (Wildman–Crippen LogP) is 4.94. The summed E-state index contributed by atoms with van der Waals surface area (Å²) in [5.74, 6) is -0.230. The number of rotatable bonds is 5. The van der Waals surface area contributed by atoms with Crippen LogP contribution in [0.15, 0.2) is 42.5 Å². The molecule has 0 unspecified atom stereocenters. The molecule has 0 spiro atoms. The van der Waals surface area contributed by atoms with Crippen LogP contribution in [0.2, 0.25) is 0 Å². The van der Waals surface area contributed by atoms with Gasteiger partial charge in [-0.25, -0.2) is 9.48 Å². The van der Waals surface area contributed by atoms with E-state index in [4.69, 9.17) is 18.9 Å². The number of methoxy groups -OCH3 is 2. The molecule has 1 aromatic heterocycles. The number of hydrogen-bond donors (Lipinski definition) is 0. The van der Waals surface area contributed by atoms with Crippen LogP contribution in [0.3, 0.4) is 0 Å². The molecule has 10 heteroatoms. The molecule has 0 saturated carbocycles. The second kappa shape index (κ2) is 8.78. The molecule has 1 aliphatic rings. The molecule has 1 aliphatic heterocycles. The Balaban J connectivity index is 1.76. The van der Waals surface area contributed by atoms with E-state index >= 15 is 0 Å². The van der Waals surface area contributed by atoms with Gasteiger partial charge in [0.1, 0.15) is 11.5 Å². The van der Waals surface area contributed by atoms with Gasteiger partial charge >= 0.3 is 12.1 Å². The first-order valence-corrected chi connectivity index (χ1v) is 10.1. The monoisotopic (exact) mass is 462 g/mol. The van der Waals surface area contributed by atoms with E-state index in [2.05, 4.69) is 5.10 Å². The number of benzene rings is 2. The molecule has 0 saturated heterocycles. The van der Waals surface area contributed by atoms with E-state index in [1.54, 1.807) is 18.2 Å². The number of aromatic nitrogens is 2. The number of carbonyl (C=O) groups is 1. The molecule has 2 heterocycles. The minimum absolute atomic E-state index is 0.111. The highest BCUT2D eigenvalue weighted by Crippen LogP contribution is 2.39. The molecule has 0 amide bonds. The summed E-state index contributed by atoms with van der Waals surface area (Å²) < 4.78 is 62.8. The Bertz CT molecular complexity index is 1190. The average Bonchev–Trinajstić information content (AvgIpc) is 3.14. The van der Waals surface area contributed by atoms with E-state index in [1.165, 1.54) is 37.1 Å². The summed E-state index contributed by atoms with van der Waals surface area (Å²) in [6.07, 6.45) is -4.17. The predicted molar refractivity (Wildman–Crippen MR) is 111 cm³/mol. The smallest absolute Gasteiger partial charge is 0.419 e. The fourth-order valence-corrected chi connectivity index (χ4v) is 3.63. The van der Waals surface area contributed by atoms with Gasteiger partial charge in [-0.3, -0.25) is 0 Å². The van der Waals surface area contributed by atoms with Crippen LogP contribution in [0.5, 0.6) is 17.4 Å². The van der Waals surface area contributed by atoms with E-state index in [-0.39, 0.29) is 24.3 Å². The minimum Gasteiger partial charge on any atom is -0.496 e. The average molecular weight is 462 g/mol. The summed E-state index contributed by atoms with van der Waals surface area (Å²) in [6.45, 7) is 2.12. The van der Waals surface area contributed by atoms with Crippen molar-refractivity contribution in [3.05, 3.63) is 64.8 Å². The molecule has 2 aromatic carbocycles. The lowest BCUT2D eigenvalue weighted by molar-refractivity contribution is -0.138. The maximum atomic E-state index is 13.3. The van der Waals surface area contributed by atoms with E-state index in [0.29, 0.717) is 29.0 Å². The van der Waals surface area contributed by atoms with Crippen LogP contribution in [0, 0.1) is 0 Å². The number of halogens is 3. The molecule has 7 nitrogen and oxygen atoms in total. The Kier molecular flexibility index (Phi) is 6.03. The van der Waals surface area contributed by atoms with Crippen LogP contribution < -0.4 is 9.47 Å². The Morgan fingerprint density at radius 2 is 1.97 bits per heavy atom. The maximum Gasteiger partial charge on any atom is 0.419 e. The standard InChI is InChI=1S/C23H21F3N2O5/c1-13-9-19-17(12-32-13)21(33-16-6-4-5-14(10-16)22(29)31-3)27-28(19)15-7-8-18(23(24,25)26)20(11-15)30-2/h4-8,10-11,13H,9,12H2,1-3H3/t13-/m1/s1. The first kappa shape index (κ1) is 22.7. The molecule has 174 valence electrons. The quantitative estimate of drug-likeness (QED) is 0.500. The number of fused-ring (bicyclic) bond motifs is 1. The number of hydrogen-bond acceptors (Lipinski definition) is 6. The van der Waals surface area contributed by atoms with Gasteiger partial charge in [0, 0.05) is 12.5 Å². The van der Waals surface area contributed by atoms with Crippen molar-refractivity contribution >= 4 is 5.97 Å². The summed E-state index contributed by atoms with van der Waals surface area (Å²) in [4.78, 5) is 11.8. The zero-order chi connectivity index (χ0) is 23.8. The first-order valence-electron chi connectivity index (χ1n) is 10.1. The van der Waals surface area contributed by atoms with Gasteiger partial charge in [0.15, 0.2) is 0 Å². The van der Waals surface area contributed by atoms with E-state index in [0.717, 1.165) is 11.8 Å². The van der Waals surface area contributed by atoms with Gasteiger partial charge in [-0.1, -0.05) is 6.07 Å². The van der Waals surface area contributed by atoms with Crippen LogP contribution in [-0.2, 0) is 28.7 Å². The molecule has 0 N–H and O–H groups in total. The van der Waals surface area contributed by atoms with Crippen LogP contribution >= 0.6 is 0 Å². The molecule has 4 rings (SSSR count). The SMILES string of the molecule is COC(=O)c1cccc(Oc2nn(-c3ccc(C(F)(F)F)c(OC)c3)c3c2CO[C@H](C)C3)c1. The van der Waals surface area contributed by atoms with Gasteiger partial charge in [-0.05, 0) is 37.3 Å². The Labute approximate surface area is 187 Å². The first-order chi connectivity index (χ1) is 15.7. The number of esters is 1. The van der Waals surface area contributed by atoms with Crippen LogP contribution in [0.25, 0.3) is 5.69 Å². The largest absolute Gasteiger partial charge is 0.496 e. The molecule has 0 aliphatic carbocycles. The highest BCUT2D eigenvalue weighted by atomic mass is 19.4. The van der Waals surface area contributed by atoms with Crippen molar-refractivity contribution in [1.29, 1.82) is 0 Å². The molecule has 1 atom stereocenters. The summed E-state index contributed by atoms with van der Waals surface area (Å²) in [5.41, 5.74) is 1.26. The third-order valence-corrected chi connectivity index (χ3v) is 5.25. The van der Waals surface area contributed by atoms with Crippen molar-refractivity contribution in [2.24, 2.45) is 0 Å². The van der Waals surface area contributed by atoms with E-state index in [1.807, 2.05) is 6.92 Å². The Morgan fingerprint density at radius 1 is 1.18 bits per heavy atom. The van der Waals surface area contributed by atoms with Crippen molar-refractivity contribution in [1.82, 2.24) is 9.78 Å². The van der Waals surface area contributed by atoms with Gasteiger partial charge in [-0.2, -0.15) is 13.2 Å². The Morgan fingerprint density at radius 3 is 2.67 bits per heavy atom. The molecule has 0 fully saturated rings. The molecule has 33 heavy (non-hydrogen) atoms. The number of nitrogens with zero attached hydrogens (tertiary/aromatic N) is 2. The third kappa shape index (κ3) is 4.51. The highest BCUT2D eigenvalue weighted by Gasteiger charge is 2.35. The van der Waals surface area contributed by atoms with Gasteiger partial charge in [0.25, 0.3) is 0 Å². The topological polar surface area (TPSA) is 71.8 Å². The van der Waals surface area contributed by atoms with Gasteiger partial charge in [0.05, 0.1) is 55.0 Å². The fourth-order valence-electron chi connectivity index (χ4n) is 3.63. The van der Waals surface area contributed by atoms with Crippen LogP contribution in [0.1, 0.15) is 34.1 Å². The lowest BCUT2D eigenvalue weighted by Gasteiger charge is -2.21. The van der Waals surface area contributed by atoms with Crippen molar-refractivity contribution < 1.29 is 36.9 Å². The summed E-state index contributed by atoms with van der Waals surface area (Å²) >= 11 is 0. The van der Waals surface area contributed by atoms with Crippen LogP contribution in [0.4, 0.5) is 13.2 Å². The second-order valence-electron chi connectivity index (χ2n) is 7.47. The zero-order valence-corrected chi connectivity index (χ0v) is 18.1.